The van der Waals surface area contributed by atoms with Gasteiger partial charge in [0.2, 0.25) is 0 Å². The van der Waals surface area contributed by atoms with Crippen molar-refractivity contribution in [1.29, 1.82) is 0 Å². The second-order valence-corrected chi connectivity index (χ2v) is 14.9. The van der Waals surface area contributed by atoms with E-state index in [9.17, 15) is 0 Å². The van der Waals surface area contributed by atoms with Crippen LogP contribution < -0.4 is 9.64 Å². The molecule has 0 atom stereocenters. The molecule has 1 aliphatic rings. The van der Waals surface area contributed by atoms with Gasteiger partial charge >= 0.3 is 0 Å². The van der Waals surface area contributed by atoms with Gasteiger partial charge < -0.3 is 14.2 Å². The smallest absolute Gasteiger partial charge is 0.127 e. The van der Waals surface area contributed by atoms with Crippen molar-refractivity contribution in [3.63, 3.8) is 0 Å². The first-order chi connectivity index (χ1) is 27.5. The number of para-hydroxylation sites is 4. The Morgan fingerprint density at radius 2 is 0.982 bits per heavy atom. The van der Waals surface area contributed by atoms with Crippen LogP contribution in [-0.2, 0) is 5.41 Å². The van der Waals surface area contributed by atoms with Crippen LogP contribution in [0.3, 0.4) is 0 Å². The lowest BCUT2D eigenvalue weighted by Crippen LogP contribution is -2.15. The summed E-state index contributed by atoms with van der Waals surface area (Å²) in [5, 5.41) is 2.56. The number of nitrogens with zero attached hydrogens (tertiary/aromatic N) is 2. The van der Waals surface area contributed by atoms with E-state index in [1.165, 1.54) is 49.7 Å². The molecule has 3 heteroatoms. The van der Waals surface area contributed by atoms with Gasteiger partial charge in [0, 0.05) is 50.1 Å². The van der Waals surface area contributed by atoms with E-state index in [1.54, 1.807) is 0 Å². The van der Waals surface area contributed by atoms with Crippen LogP contribution >= 0.6 is 0 Å². The van der Waals surface area contributed by atoms with Crippen LogP contribution in [0.4, 0.5) is 17.1 Å². The quantitative estimate of drug-likeness (QED) is 0.159. The predicted octanol–water partition coefficient (Wildman–Crippen LogP) is 13.8. The minimum Gasteiger partial charge on any atom is -0.457 e. The molecule has 1 aromatic heterocycles. The van der Waals surface area contributed by atoms with Crippen molar-refractivity contribution in [3.05, 3.63) is 216 Å². The average Bonchev–Trinajstić information content (AvgIpc) is 3.69. The number of ether oxygens (including phenoxy) is 1. The molecular weight excluding hydrogens is 681 g/mol. The van der Waals surface area contributed by atoms with Crippen LogP contribution in [0.1, 0.15) is 36.1 Å². The molecule has 0 spiro atoms. The van der Waals surface area contributed by atoms with Crippen molar-refractivity contribution < 1.29 is 4.74 Å². The summed E-state index contributed by atoms with van der Waals surface area (Å²) < 4.78 is 8.65. The van der Waals surface area contributed by atoms with Crippen LogP contribution in [0.5, 0.6) is 11.5 Å². The van der Waals surface area contributed by atoms with Crippen molar-refractivity contribution in [2.24, 2.45) is 0 Å². The third-order valence-electron chi connectivity index (χ3n) is 11.0. The highest BCUT2D eigenvalue weighted by Crippen LogP contribution is 2.51. The van der Waals surface area contributed by atoms with Gasteiger partial charge in [-0.15, -0.1) is 0 Å². The summed E-state index contributed by atoms with van der Waals surface area (Å²) in [7, 11) is 0. The molecule has 0 saturated heterocycles. The van der Waals surface area contributed by atoms with E-state index >= 15 is 0 Å². The number of aromatic nitrogens is 1. The van der Waals surface area contributed by atoms with Crippen molar-refractivity contribution in [1.82, 2.24) is 4.57 Å². The molecule has 0 amide bonds. The molecule has 0 saturated carbocycles. The number of anilines is 3. The maximum Gasteiger partial charge on any atom is 0.127 e. The van der Waals surface area contributed by atoms with Gasteiger partial charge in [-0.3, -0.25) is 0 Å². The molecule has 10 rings (SSSR count). The molecular formula is C53H38N2O. The summed E-state index contributed by atoms with van der Waals surface area (Å²) in [5.74, 6) is 8.39. The number of rotatable bonds is 6. The Morgan fingerprint density at radius 3 is 1.66 bits per heavy atom. The van der Waals surface area contributed by atoms with Crippen molar-refractivity contribution >= 4 is 38.9 Å². The normalized spacial score (nSPS) is 12.5. The third kappa shape index (κ3) is 5.80. The molecule has 266 valence electrons. The fraction of sp³-hybridized carbons (Fsp3) is 0.0566. The van der Waals surface area contributed by atoms with E-state index in [0.717, 1.165) is 39.7 Å². The molecule has 0 fully saturated rings. The van der Waals surface area contributed by atoms with Crippen LogP contribution in [-0.4, -0.2) is 4.57 Å². The van der Waals surface area contributed by atoms with E-state index in [1.807, 2.05) is 48.5 Å². The zero-order valence-corrected chi connectivity index (χ0v) is 31.3. The van der Waals surface area contributed by atoms with E-state index in [2.05, 4.69) is 181 Å². The summed E-state index contributed by atoms with van der Waals surface area (Å²) >= 11 is 0. The highest BCUT2D eigenvalue weighted by atomic mass is 16.5. The third-order valence-corrected chi connectivity index (χ3v) is 11.0. The molecule has 56 heavy (non-hydrogen) atoms. The lowest BCUT2D eigenvalue weighted by atomic mass is 9.81. The maximum absolute atomic E-state index is 6.26. The van der Waals surface area contributed by atoms with Crippen LogP contribution in [0, 0.1) is 11.8 Å². The number of benzene rings is 8. The van der Waals surface area contributed by atoms with Gasteiger partial charge in [-0.1, -0.05) is 105 Å². The van der Waals surface area contributed by atoms with Gasteiger partial charge in [0.1, 0.15) is 11.5 Å². The van der Waals surface area contributed by atoms with E-state index < -0.39 is 0 Å². The van der Waals surface area contributed by atoms with Gasteiger partial charge in [-0.2, -0.15) is 0 Å². The Hall–Kier alpha value is -7.28. The standard InChI is InChI=1S/C53H38N2O/c1-53(2)49-34-38(26-33-45(49)47-36-52-48(35-50(47)53)46-20-12-13-21-51(46)55(52)41-18-10-5-11-19-41)23-22-37-24-29-43(30-25-37)56-44-31-27-42(28-32-44)54(39-14-6-3-7-15-39)40-16-8-4-9-17-40/h3-21,24-36H,1-2H3. The van der Waals surface area contributed by atoms with Gasteiger partial charge in [0.15, 0.2) is 0 Å². The van der Waals surface area contributed by atoms with Crippen molar-refractivity contribution in [3.8, 4) is 40.2 Å². The monoisotopic (exact) mass is 718 g/mol. The predicted molar refractivity (Wildman–Crippen MR) is 232 cm³/mol. The summed E-state index contributed by atoms with van der Waals surface area (Å²) in [6.45, 7) is 4.68. The molecule has 0 radical (unpaired) electrons. The van der Waals surface area contributed by atoms with Gasteiger partial charge in [0.25, 0.3) is 0 Å². The highest BCUT2D eigenvalue weighted by Gasteiger charge is 2.36. The van der Waals surface area contributed by atoms with E-state index in [4.69, 9.17) is 4.74 Å². The minimum absolute atomic E-state index is 0.162. The molecule has 0 N–H and O–H groups in total. The number of hydrogen-bond acceptors (Lipinski definition) is 2. The summed E-state index contributed by atoms with van der Waals surface area (Å²) in [6, 6.07) is 68.0. The second kappa shape index (κ2) is 13.5. The molecule has 1 aliphatic carbocycles. The zero-order valence-electron chi connectivity index (χ0n) is 31.3. The van der Waals surface area contributed by atoms with Crippen molar-refractivity contribution in [2.45, 2.75) is 19.3 Å². The van der Waals surface area contributed by atoms with Crippen LogP contribution in [0.2, 0.25) is 0 Å². The van der Waals surface area contributed by atoms with Crippen molar-refractivity contribution in [2.75, 3.05) is 4.90 Å². The summed E-state index contributed by atoms with van der Waals surface area (Å²) in [5.41, 5.74) is 13.9. The SMILES string of the molecule is CC1(C)c2cc(C#Cc3ccc(Oc4ccc(N(c5ccccc5)c5ccccc5)cc4)cc3)ccc2-c2cc3c(cc21)c1ccccc1n3-c1ccccc1. The molecule has 3 nitrogen and oxygen atoms in total. The Balaban J connectivity index is 0.896. The van der Waals surface area contributed by atoms with E-state index in [0.29, 0.717) is 0 Å². The Labute approximate surface area is 327 Å². The van der Waals surface area contributed by atoms with Crippen LogP contribution in [0.25, 0.3) is 38.6 Å². The largest absolute Gasteiger partial charge is 0.457 e. The zero-order chi connectivity index (χ0) is 37.6. The van der Waals surface area contributed by atoms with E-state index in [-0.39, 0.29) is 5.41 Å². The molecule has 0 unspecified atom stereocenters. The summed E-state index contributed by atoms with van der Waals surface area (Å²) in [6.07, 6.45) is 0. The molecule has 0 aliphatic heterocycles. The Kier molecular flexibility index (Phi) is 8.05. The first kappa shape index (κ1) is 33.3. The summed E-state index contributed by atoms with van der Waals surface area (Å²) in [4.78, 5) is 2.24. The number of hydrogen-bond donors (Lipinski definition) is 0. The van der Waals surface area contributed by atoms with Gasteiger partial charge in [0.05, 0.1) is 11.0 Å². The number of fused-ring (bicyclic) bond motifs is 6. The lowest BCUT2D eigenvalue weighted by Gasteiger charge is -2.25. The van der Waals surface area contributed by atoms with Crippen LogP contribution in [0.15, 0.2) is 194 Å². The Bertz CT molecular complexity index is 2890. The minimum atomic E-state index is -0.162. The second-order valence-electron chi connectivity index (χ2n) is 14.9. The Morgan fingerprint density at radius 1 is 0.446 bits per heavy atom. The molecule has 8 aromatic carbocycles. The lowest BCUT2D eigenvalue weighted by molar-refractivity contribution is 0.482. The fourth-order valence-electron chi connectivity index (χ4n) is 8.28. The maximum atomic E-state index is 6.26. The average molecular weight is 719 g/mol. The fourth-order valence-corrected chi connectivity index (χ4v) is 8.28. The molecule has 0 bridgehead atoms. The molecule has 1 heterocycles. The van der Waals surface area contributed by atoms with Gasteiger partial charge in [-0.05, 0) is 138 Å². The first-order valence-electron chi connectivity index (χ1n) is 19.1. The first-order valence-corrected chi connectivity index (χ1v) is 19.1. The molecule has 9 aromatic rings. The highest BCUT2D eigenvalue weighted by molar-refractivity contribution is 6.11. The topological polar surface area (TPSA) is 17.4 Å². The van der Waals surface area contributed by atoms with Gasteiger partial charge in [-0.25, -0.2) is 0 Å².